The monoisotopic (exact) mass is 251 g/mol. The van der Waals surface area contributed by atoms with Crippen molar-refractivity contribution >= 4 is 18.3 Å². The van der Waals surface area contributed by atoms with Crippen LogP contribution in [0.1, 0.15) is 12.5 Å². The third-order valence-electron chi connectivity index (χ3n) is 3.17. The van der Waals surface area contributed by atoms with Crippen LogP contribution < -0.4 is 4.90 Å². The molecule has 0 radical (unpaired) electrons. The highest BCUT2D eigenvalue weighted by Crippen LogP contribution is 2.28. The van der Waals surface area contributed by atoms with Crippen LogP contribution in [0, 0.1) is 5.92 Å². The number of rotatable bonds is 5. The number of fused-ring (bicyclic) bond motifs is 1. The molecule has 1 heterocycles. The van der Waals surface area contributed by atoms with Crippen LogP contribution in [0.25, 0.3) is 0 Å². The Bertz CT molecular complexity index is 356. The van der Waals surface area contributed by atoms with Gasteiger partial charge >= 0.3 is 0 Å². The predicted octanol–water partition coefficient (Wildman–Crippen LogP) is 2.63. The first kappa shape index (κ1) is 12.8. The second-order valence-electron chi connectivity index (χ2n) is 4.72. The summed E-state index contributed by atoms with van der Waals surface area (Å²) in [5.41, 5.74) is 2.86. The maximum absolute atomic E-state index is 5.52. The molecular formula is C14H21NOS. The Morgan fingerprint density at radius 1 is 1.35 bits per heavy atom. The maximum Gasteiger partial charge on any atom is 0.0642 e. The molecule has 0 fully saturated rings. The van der Waals surface area contributed by atoms with Crippen molar-refractivity contribution in [2.24, 2.45) is 5.92 Å². The van der Waals surface area contributed by atoms with E-state index in [1.807, 2.05) is 0 Å². The standard InChI is InChI=1S/C14H21NOS/c1-12-10-13-4-2-3-5-14(13)15(11-12)6-7-16-8-9-17/h2-5,12,17H,6-11H2,1H3. The van der Waals surface area contributed by atoms with Crippen molar-refractivity contribution in [2.75, 3.05) is 37.0 Å². The molecule has 0 aromatic heterocycles. The Kier molecular flexibility index (Phi) is 4.75. The number of nitrogens with zero attached hydrogens (tertiary/aromatic N) is 1. The normalized spacial score (nSPS) is 19.2. The summed E-state index contributed by atoms with van der Waals surface area (Å²) >= 11 is 4.14. The molecule has 0 N–H and O–H groups in total. The van der Waals surface area contributed by atoms with Crippen LogP contribution in [-0.4, -0.2) is 32.1 Å². The van der Waals surface area contributed by atoms with Crippen LogP contribution in [-0.2, 0) is 11.2 Å². The molecule has 1 aliphatic rings. The Balaban J connectivity index is 1.97. The number of hydrogen-bond acceptors (Lipinski definition) is 3. The highest BCUT2D eigenvalue weighted by molar-refractivity contribution is 7.80. The summed E-state index contributed by atoms with van der Waals surface area (Å²) in [5, 5.41) is 0. The van der Waals surface area contributed by atoms with Gasteiger partial charge in [-0.15, -0.1) is 0 Å². The fourth-order valence-corrected chi connectivity index (χ4v) is 2.59. The summed E-state index contributed by atoms with van der Waals surface area (Å²) in [6, 6.07) is 8.72. The molecule has 0 spiro atoms. The number of anilines is 1. The van der Waals surface area contributed by atoms with E-state index < -0.39 is 0 Å². The van der Waals surface area contributed by atoms with Gasteiger partial charge in [0, 0.05) is 24.5 Å². The van der Waals surface area contributed by atoms with E-state index in [0.717, 1.165) is 38.0 Å². The van der Waals surface area contributed by atoms with Gasteiger partial charge in [0.05, 0.1) is 13.2 Å². The van der Waals surface area contributed by atoms with Gasteiger partial charge in [-0.05, 0) is 24.0 Å². The van der Waals surface area contributed by atoms with Crippen molar-refractivity contribution in [1.29, 1.82) is 0 Å². The summed E-state index contributed by atoms with van der Waals surface area (Å²) in [4.78, 5) is 2.45. The number of thiol groups is 1. The Morgan fingerprint density at radius 3 is 3.00 bits per heavy atom. The van der Waals surface area contributed by atoms with E-state index in [0.29, 0.717) is 0 Å². The Labute approximate surface area is 109 Å². The lowest BCUT2D eigenvalue weighted by atomic mass is 9.94. The van der Waals surface area contributed by atoms with Gasteiger partial charge in [-0.2, -0.15) is 12.6 Å². The smallest absolute Gasteiger partial charge is 0.0642 e. The topological polar surface area (TPSA) is 12.5 Å². The molecule has 1 aromatic rings. The molecule has 0 saturated carbocycles. The van der Waals surface area contributed by atoms with Crippen molar-refractivity contribution in [3.8, 4) is 0 Å². The largest absolute Gasteiger partial charge is 0.379 e. The van der Waals surface area contributed by atoms with E-state index >= 15 is 0 Å². The van der Waals surface area contributed by atoms with Crippen LogP contribution >= 0.6 is 12.6 Å². The molecule has 0 bridgehead atoms. The second kappa shape index (κ2) is 6.31. The summed E-state index contributed by atoms with van der Waals surface area (Å²) < 4.78 is 5.52. The fraction of sp³-hybridized carbons (Fsp3) is 0.571. The Morgan fingerprint density at radius 2 is 2.18 bits per heavy atom. The van der Waals surface area contributed by atoms with Crippen molar-refractivity contribution in [3.05, 3.63) is 29.8 Å². The lowest BCUT2D eigenvalue weighted by Crippen LogP contribution is -2.36. The minimum atomic E-state index is 0.731. The summed E-state index contributed by atoms with van der Waals surface area (Å²) in [6.45, 7) is 5.98. The first-order valence-electron chi connectivity index (χ1n) is 6.32. The van der Waals surface area contributed by atoms with E-state index in [1.54, 1.807) is 0 Å². The molecule has 94 valence electrons. The van der Waals surface area contributed by atoms with Crippen LogP contribution in [0.3, 0.4) is 0 Å². The summed E-state index contributed by atoms with van der Waals surface area (Å²) in [6.07, 6.45) is 1.20. The van der Waals surface area contributed by atoms with E-state index in [4.69, 9.17) is 4.74 Å². The number of hydrogen-bond donors (Lipinski definition) is 1. The molecule has 0 saturated heterocycles. The molecule has 2 rings (SSSR count). The van der Waals surface area contributed by atoms with Gasteiger partial charge < -0.3 is 9.64 Å². The minimum Gasteiger partial charge on any atom is -0.379 e. The quantitative estimate of drug-likeness (QED) is 0.638. The van der Waals surface area contributed by atoms with Gasteiger partial charge in [-0.3, -0.25) is 0 Å². The molecule has 0 amide bonds. The molecule has 1 aliphatic heterocycles. The maximum atomic E-state index is 5.52. The first-order valence-corrected chi connectivity index (χ1v) is 6.96. The molecular weight excluding hydrogens is 230 g/mol. The lowest BCUT2D eigenvalue weighted by Gasteiger charge is -2.34. The van der Waals surface area contributed by atoms with Crippen LogP contribution in [0.5, 0.6) is 0 Å². The highest BCUT2D eigenvalue weighted by atomic mass is 32.1. The highest BCUT2D eigenvalue weighted by Gasteiger charge is 2.20. The van der Waals surface area contributed by atoms with E-state index in [-0.39, 0.29) is 0 Å². The van der Waals surface area contributed by atoms with Gasteiger partial charge in [-0.25, -0.2) is 0 Å². The predicted molar refractivity (Wildman–Crippen MR) is 76.2 cm³/mol. The van der Waals surface area contributed by atoms with E-state index in [2.05, 4.69) is 48.7 Å². The second-order valence-corrected chi connectivity index (χ2v) is 5.17. The van der Waals surface area contributed by atoms with Gasteiger partial charge in [0.25, 0.3) is 0 Å². The van der Waals surface area contributed by atoms with Gasteiger partial charge in [0.15, 0.2) is 0 Å². The van der Waals surface area contributed by atoms with Crippen molar-refractivity contribution in [1.82, 2.24) is 0 Å². The van der Waals surface area contributed by atoms with Crippen molar-refractivity contribution in [2.45, 2.75) is 13.3 Å². The average molecular weight is 251 g/mol. The zero-order valence-corrected chi connectivity index (χ0v) is 11.3. The number of para-hydroxylation sites is 1. The zero-order chi connectivity index (χ0) is 12.1. The molecule has 3 heteroatoms. The first-order chi connectivity index (χ1) is 8.31. The lowest BCUT2D eigenvalue weighted by molar-refractivity contribution is 0.155. The molecule has 1 unspecified atom stereocenters. The van der Waals surface area contributed by atoms with Gasteiger partial charge in [0.2, 0.25) is 0 Å². The molecule has 2 nitrogen and oxygen atoms in total. The SMILES string of the molecule is CC1Cc2ccccc2N(CCOCCS)C1. The van der Waals surface area contributed by atoms with E-state index in [9.17, 15) is 0 Å². The molecule has 17 heavy (non-hydrogen) atoms. The number of ether oxygens (including phenoxy) is 1. The fourth-order valence-electron chi connectivity index (χ4n) is 2.46. The number of benzene rings is 1. The Hall–Kier alpha value is -0.670. The summed E-state index contributed by atoms with van der Waals surface area (Å²) in [7, 11) is 0. The minimum absolute atomic E-state index is 0.731. The van der Waals surface area contributed by atoms with Crippen LogP contribution in [0.4, 0.5) is 5.69 Å². The zero-order valence-electron chi connectivity index (χ0n) is 10.4. The third kappa shape index (κ3) is 3.39. The molecule has 1 aromatic carbocycles. The van der Waals surface area contributed by atoms with Gasteiger partial charge in [-0.1, -0.05) is 25.1 Å². The third-order valence-corrected chi connectivity index (χ3v) is 3.36. The van der Waals surface area contributed by atoms with Crippen LogP contribution in [0.2, 0.25) is 0 Å². The molecule has 1 atom stereocenters. The van der Waals surface area contributed by atoms with Gasteiger partial charge in [0.1, 0.15) is 0 Å². The molecule has 0 aliphatic carbocycles. The van der Waals surface area contributed by atoms with Crippen LogP contribution in [0.15, 0.2) is 24.3 Å². The van der Waals surface area contributed by atoms with Crippen molar-refractivity contribution in [3.63, 3.8) is 0 Å². The average Bonchev–Trinajstić information content (AvgIpc) is 2.34. The van der Waals surface area contributed by atoms with Crippen molar-refractivity contribution < 1.29 is 4.74 Å². The summed E-state index contributed by atoms with van der Waals surface area (Å²) in [5.74, 6) is 1.53. The van der Waals surface area contributed by atoms with E-state index in [1.165, 1.54) is 17.7 Å².